The summed E-state index contributed by atoms with van der Waals surface area (Å²) in [6.07, 6.45) is 1.32. The Hall–Kier alpha value is -1.59. The first kappa shape index (κ1) is 11.9. The van der Waals surface area contributed by atoms with E-state index in [4.69, 9.17) is 16.7 Å². The second-order valence-corrected chi connectivity index (χ2v) is 4.88. The number of nitrogens with zero attached hydrogens (tertiary/aromatic N) is 1. The molecule has 1 aromatic carbocycles. The first-order valence-corrected chi connectivity index (χ1v) is 5.98. The summed E-state index contributed by atoms with van der Waals surface area (Å²) in [5.74, 6) is -0.981. The van der Waals surface area contributed by atoms with Crippen LogP contribution >= 0.6 is 22.9 Å². The highest BCUT2D eigenvalue weighted by Crippen LogP contribution is 2.28. The number of hydrogen-bond donors (Lipinski definition) is 2. The van der Waals surface area contributed by atoms with Crippen LogP contribution in [0.1, 0.15) is 15.2 Å². The smallest absolute Gasteiger partial charge is 0.347 e. The number of carbonyl (C=O) groups is 1. The molecule has 0 aliphatic carbocycles. The number of rotatable bonds is 3. The molecule has 0 radical (unpaired) electrons. The maximum atomic E-state index is 10.7. The Bertz CT molecular complexity index is 568. The fourth-order valence-electron chi connectivity index (χ4n) is 1.27. The summed E-state index contributed by atoms with van der Waals surface area (Å²) in [7, 11) is 0. The number of carboxylic acid groups (broad SMARTS) is 1. The number of carboxylic acids is 1. The number of nitrogens with one attached hydrogen (secondary N) is 1. The van der Waals surface area contributed by atoms with Crippen LogP contribution in [-0.4, -0.2) is 16.1 Å². The molecule has 6 heteroatoms. The van der Waals surface area contributed by atoms with E-state index < -0.39 is 5.97 Å². The molecule has 0 spiro atoms. The Balaban J connectivity index is 2.22. The third-order valence-electron chi connectivity index (χ3n) is 2.08. The van der Waals surface area contributed by atoms with Crippen molar-refractivity contribution in [3.63, 3.8) is 0 Å². The van der Waals surface area contributed by atoms with E-state index >= 15 is 0 Å². The highest BCUT2D eigenvalue weighted by Gasteiger charge is 2.09. The fourth-order valence-corrected chi connectivity index (χ4v) is 2.22. The average Bonchev–Trinajstić information content (AvgIpc) is 2.71. The maximum Gasteiger partial charge on any atom is 0.347 e. The minimum atomic E-state index is -0.981. The van der Waals surface area contributed by atoms with Gasteiger partial charge in [-0.3, -0.25) is 0 Å². The maximum absolute atomic E-state index is 10.7. The van der Waals surface area contributed by atoms with Crippen molar-refractivity contribution in [2.75, 3.05) is 5.32 Å². The molecule has 0 aliphatic rings. The Morgan fingerprint density at radius 3 is 2.88 bits per heavy atom. The lowest BCUT2D eigenvalue weighted by Crippen LogP contribution is -1.90. The number of anilines is 2. The number of aromatic nitrogens is 1. The zero-order valence-electron chi connectivity index (χ0n) is 8.90. The van der Waals surface area contributed by atoms with E-state index in [0.29, 0.717) is 15.8 Å². The lowest BCUT2D eigenvalue weighted by molar-refractivity contribution is 0.0702. The van der Waals surface area contributed by atoms with Gasteiger partial charge < -0.3 is 10.4 Å². The second-order valence-electron chi connectivity index (χ2n) is 3.44. The molecule has 2 N–H and O–H groups in total. The molecule has 2 aromatic rings. The van der Waals surface area contributed by atoms with Crippen LogP contribution in [0.5, 0.6) is 0 Å². The average molecular weight is 269 g/mol. The molecule has 88 valence electrons. The Morgan fingerprint density at radius 2 is 2.29 bits per heavy atom. The first-order valence-electron chi connectivity index (χ1n) is 4.78. The standard InChI is InChI=1S/C11H9ClN2O2S/c1-6-2-3-8(7(12)4-6)14-11-13-5-9(17-11)10(15)16/h2-5H,1H3,(H,13,14)(H,15,16). The zero-order valence-corrected chi connectivity index (χ0v) is 10.5. The van der Waals surface area contributed by atoms with Gasteiger partial charge in [-0.25, -0.2) is 9.78 Å². The van der Waals surface area contributed by atoms with E-state index in [1.807, 2.05) is 25.1 Å². The van der Waals surface area contributed by atoms with Gasteiger partial charge in [0, 0.05) is 0 Å². The molecule has 2 rings (SSSR count). The molecule has 0 saturated heterocycles. The van der Waals surface area contributed by atoms with Crippen LogP contribution in [0.25, 0.3) is 0 Å². The molecule has 0 bridgehead atoms. The summed E-state index contributed by atoms with van der Waals surface area (Å²) in [6.45, 7) is 1.95. The molecule has 1 aromatic heterocycles. The van der Waals surface area contributed by atoms with Crippen LogP contribution in [0.2, 0.25) is 5.02 Å². The molecule has 17 heavy (non-hydrogen) atoms. The lowest BCUT2D eigenvalue weighted by atomic mass is 10.2. The van der Waals surface area contributed by atoms with Crippen LogP contribution in [-0.2, 0) is 0 Å². The summed E-state index contributed by atoms with van der Waals surface area (Å²) in [5.41, 5.74) is 1.77. The highest BCUT2D eigenvalue weighted by atomic mass is 35.5. The number of thiazole rings is 1. The largest absolute Gasteiger partial charge is 0.477 e. The van der Waals surface area contributed by atoms with E-state index in [2.05, 4.69) is 10.3 Å². The van der Waals surface area contributed by atoms with Gasteiger partial charge in [0.1, 0.15) is 4.88 Å². The molecule has 4 nitrogen and oxygen atoms in total. The van der Waals surface area contributed by atoms with E-state index in [1.54, 1.807) is 0 Å². The second kappa shape index (κ2) is 4.73. The van der Waals surface area contributed by atoms with Crippen molar-refractivity contribution in [2.24, 2.45) is 0 Å². The normalized spacial score (nSPS) is 10.2. The fraction of sp³-hybridized carbons (Fsp3) is 0.0909. The van der Waals surface area contributed by atoms with Crippen LogP contribution in [0, 0.1) is 6.92 Å². The van der Waals surface area contributed by atoms with Gasteiger partial charge >= 0.3 is 5.97 Å². The van der Waals surface area contributed by atoms with Gasteiger partial charge in [-0.1, -0.05) is 29.0 Å². The molecule has 0 fully saturated rings. The van der Waals surface area contributed by atoms with Crippen molar-refractivity contribution >= 4 is 39.7 Å². The van der Waals surface area contributed by atoms with E-state index in [0.717, 1.165) is 16.9 Å². The lowest BCUT2D eigenvalue weighted by Gasteiger charge is -2.05. The van der Waals surface area contributed by atoms with Crippen molar-refractivity contribution < 1.29 is 9.90 Å². The van der Waals surface area contributed by atoms with E-state index in [1.165, 1.54) is 6.20 Å². The van der Waals surface area contributed by atoms with E-state index in [-0.39, 0.29) is 4.88 Å². The summed E-state index contributed by atoms with van der Waals surface area (Å²) < 4.78 is 0. The SMILES string of the molecule is Cc1ccc(Nc2ncc(C(=O)O)s2)c(Cl)c1. The molecule has 0 saturated carbocycles. The number of halogens is 1. The van der Waals surface area contributed by atoms with E-state index in [9.17, 15) is 4.79 Å². The van der Waals surface area contributed by atoms with Crippen LogP contribution < -0.4 is 5.32 Å². The third-order valence-corrected chi connectivity index (χ3v) is 3.30. The molecular formula is C11H9ClN2O2S. The van der Waals surface area contributed by atoms with Crippen molar-refractivity contribution in [3.05, 3.63) is 39.9 Å². The quantitative estimate of drug-likeness (QED) is 0.894. The van der Waals surface area contributed by atoms with Gasteiger partial charge in [-0.15, -0.1) is 0 Å². The van der Waals surface area contributed by atoms with Gasteiger partial charge in [0.05, 0.1) is 16.9 Å². The Morgan fingerprint density at radius 1 is 1.53 bits per heavy atom. The predicted octanol–water partition coefficient (Wildman–Crippen LogP) is 3.55. The number of aromatic carboxylic acids is 1. The Kier molecular flexibility index (Phi) is 3.31. The molecule has 0 amide bonds. The van der Waals surface area contributed by atoms with Crippen molar-refractivity contribution in [1.82, 2.24) is 4.98 Å². The predicted molar refractivity (Wildman–Crippen MR) is 68.5 cm³/mol. The molecule has 0 aliphatic heterocycles. The molecule has 0 atom stereocenters. The monoisotopic (exact) mass is 268 g/mol. The summed E-state index contributed by atoms with van der Waals surface area (Å²) in [4.78, 5) is 14.8. The highest BCUT2D eigenvalue weighted by molar-refractivity contribution is 7.17. The van der Waals surface area contributed by atoms with Gasteiger partial charge in [-0.2, -0.15) is 0 Å². The number of aryl methyl sites for hydroxylation is 1. The van der Waals surface area contributed by atoms with Crippen LogP contribution in [0.3, 0.4) is 0 Å². The minimum Gasteiger partial charge on any atom is -0.477 e. The molecular weight excluding hydrogens is 260 g/mol. The summed E-state index contributed by atoms with van der Waals surface area (Å²) in [5, 5.41) is 12.8. The van der Waals surface area contributed by atoms with Crippen molar-refractivity contribution in [3.8, 4) is 0 Å². The first-order chi connectivity index (χ1) is 8.06. The number of benzene rings is 1. The van der Waals surface area contributed by atoms with Crippen LogP contribution in [0.15, 0.2) is 24.4 Å². The minimum absolute atomic E-state index is 0.190. The van der Waals surface area contributed by atoms with Gasteiger partial charge in [-0.05, 0) is 24.6 Å². The number of hydrogen-bond acceptors (Lipinski definition) is 4. The summed E-state index contributed by atoms with van der Waals surface area (Å²) >= 11 is 7.12. The van der Waals surface area contributed by atoms with Gasteiger partial charge in [0.25, 0.3) is 0 Å². The molecule has 0 unspecified atom stereocenters. The Labute approximate surface area is 107 Å². The summed E-state index contributed by atoms with van der Waals surface area (Å²) in [6, 6.07) is 5.58. The van der Waals surface area contributed by atoms with Crippen molar-refractivity contribution in [2.45, 2.75) is 6.92 Å². The van der Waals surface area contributed by atoms with Gasteiger partial charge in [0.2, 0.25) is 0 Å². The van der Waals surface area contributed by atoms with Crippen LogP contribution in [0.4, 0.5) is 10.8 Å². The molecule has 1 heterocycles. The van der Waals surface area contributed by atoms with Gasteiger partial charge in [0.15, 0.2) is 5.13 Å². The topological polar surface area (TPSA) is 62.2 Å². The zero-order chi connectivity index (χ0) is 12.4. The third kappa shape index (κ3) is 2.75. The van der Waals surface area contributed by atoms with Crippen molar-refractivity contribution in [1.29, 1.82) is 0 Å².